The normalized spacial score (nSPS) is 18.1. The quantitative estimate of drug-likeness (QED) is 0.0664. The number of hydrogen-bond donors (Lipinski definition) is 4. The van der Waals surface area contributed by atoms with E-state index in [0.717, 1.165) is 51.5 Å². The Morgan fingerprint density at radius 1 is 0.930 bits per heavy atom. The van der Waals surface area contributed by atoms with Crippen LogP contribution in [-0.4, -0.2) is 98.7 Å². The highest BCUT2D eigenvalue weighted by Crippen LogP contribution is 2.42. The first kappa shape index (κ1) is 50.9. The summed E-state index contributed by atoms with van der Waals surface area (Å²) in [6, 6.07) is 22.3. The average Bonchev–Trinajstić information content (AvgIpc) is 4.10. The molecule has 8 rings (SSSR count). The number of fused-ring (bicyclic) bond motifs is 2. The minimum Gasteiger partial charge on any atom is -0.493 e. The van der Waals surface area contributed by atoms with Crippen molar-refractivity contribution in [2.24, 2.45) is 10.4 Å². The van der Waals surface area contributed by atoms with E-state index in [-0.39, 0.29) is 57.6 Å². The molecule has 4 N–H and O–H groups in total. The number of amides is 4. The number of β-amino-alcohol motifs (C(OH)–C–C–N with tert-alkyl or cyclic N) is 1. The molecule has 71 heavy (non-hydrogen) atoms. The lowest BCUT2D eigenvalue weighted by atomic mass is 9.85. The van der Waals surface area contributed by atoms with Crippen molar-refractivity contribution in [1.82, 2.24) is 30.3 Å². The van der Waals surface area contributed by atoms with Crippen LogP contribution in [-0.2, 0) is 30.5 Å². The van der Waals surface area contributed by atoms with Gasteiger partial charge in [0.25, 0.3) is 0 Å². The van der Waals surface area contributed by atoms with Crippen LogP contribution in [0.25, 0.3) is 16.1 Å². The van der Waals surface area contributed by atoms with E-state index in [1.54, 1.807) is 35.6 Å². The van der Waals surface area contributed by atoms with Crippen molar-refractivity contribution in [1.29, 1.82) is 0 Å². The second kappa shape index (κ2) is 21.9. The number of ether oxygens (including phenoxy) is 2. The fourth-order valence-corrected chi connectivity index (χ4v) is 10.3. The summed E-state index contributed by atoms with van der Waals surface area (Å²) in [4.78, 5) is 62.3. The summed E-state index contributed by atoms with van der Waals surface area (Å²) in [5, 5.41) is 31.0. The number of hydrogen-bond acceptors (Lipinski definition) is 11. The van der Waals surface area contributed by atoms with Crippen molar-refractivity contribution in [3.63, 3.8) is 0 Å². The maximum Gasteiger partial charge on any atom is 0.246 e. The van der Waals surface area contributed by atoms with E-state index < -0.39 is 41.5 Å². The van der Waals surface area contributed by atoms with Gasteiger partial charge < -0.3 is 35.4 Å². The summed E-state index contributed by atoms with van der Waals surface area (Å²) in [6.07, 6.45) is 0.401. The van der Waals surface area contributed by atoms with E-state index in [2.05, 4.69) is 58.4 Å². The molecule has 3 aromatic carbocycles. The predicted molar refractivity (Wildman–Crippen MR) is 276 cm³/mol. The molecule has 4 heterocycles. The monoisotopic (exact) mass is 1000 g/mol. The zero-order valence-electron chi connectivity index (χ0n) is 41.2. The Kier molecular flexibility index (Phi) is 15.7. The molecule has 2 aromatic heterocycles. The minimum absolute atomic E-state index is 0.0180. The van der Waals surface area contributed by atoms with Gasteiger partial charge in [-0.25, -0.2) is 0 Å². The molecule has 0 spiro atoms. The summed E-state index contributed by atoms with van der Waals surface area (Å²) < 4.78 is 13.7. The molecule has 15 nitrogen and oxygen atoms in total. The van der Waals surface area contributed by atoms with Gasteiger partial charge in [-0.15, -0.1) is 21.5 Å². The number of likely N-dealkylation sites (tertiary alicyclic amines) is 1. The topological polar surface area (TPSA) is 189 Å². The molecule has 1 saturated heterocycles. The Morgan fingerprint density at radius 3 is 2.39 bits per heavy atom. The van der Waals surface area contributed by atoms with Crippen LogP contribution in [0.4, 0.5) is 5.69 Å². The van der Waals surface area contributed by atoms with E-state index in [4.69, 9.17) is 26.1 Å². The SMILES string of the molecule is CC1=C(C)C2=C(C1)n1c(C)nnc1C(CC(=O)Nc1cccc(OCCCOCC(=O)N[C@H](C(=O)N3C[C@H](O)C[C@H]3C(=O)NCc3ccc(-c4sccc4C)cc3)C(C)(C)C)c1)N=C2c1ccc(Cl)cc1. The summed E-state index contributed by atoms with van der Waals surface area (Å²) in [6.45, 7) is 14.1. The summed E-state index contributed by atoms with van der Waals surface area (Å²) in [5.74, 6) is 0.301. The molecule has 1 fully saturated rings. The summed E-state index contributed by atoms with van der Waals surface area (Å²) in [7, 11) is 0. The highest BCUT2D eigenvalue weighted by Gasteiger charge is 2.44. The van der Waals surface area contributed by atoms with Crippen LogP contribution < -0.4 is 20.7 Å². The zero-order chi connectivity index (χ0) is 50.6. The van der Waals surface area contributed by atoms with E-state index in [1.165, 1.54) is 20.9 Å². The number of nitrogens with one attached hydrogen (secondary N) is 3. The number of aromatic nitrogens is 3. The van der Waals surface area contributed by atoms with Gasteiger partial charge in [0.15, 0.2) is 5.82 Å². The number of rotatable bonds is 17. The molecule has 3 aliphatic rings. The number of aliphatic hydroxyl groups excluding tert-OH is 1. The number of thiophene rings is 1. The third-order valence-electron chi connectivity index (χ3n) is 13.1. The molecule has 1 aliphatic carbocycles. The molecule has 0 radical (unpaired) electrons. The van der Waals surface area contributed by atoms with Crippen molar-refractivity contribution in [3.05, 3.63) is 134 Å². The molecule has 372 valence electrons. The second-order valence-corrected chi connectivity index (χ2v) is 20.8. The molecule has 0 bridgehead atoms. The van der Waals surface area contributed by atoms with Gasteiger partial charge in [-0.1, -0.05) is 80.4 Å². The van der Waals surface area contributed by atoms with E-state index >= 15 is 0 Å². The molecule has 4 atom stereocenters. The highest BCUT2D eigenvalue weighted by molar-refractivity contribution is 7.13. The highest BCUT2D eigenvalue weighted by atomic mass is 35.5. The Balaban J connectivity index is 0.803. The Morgan fingerprint density at radius 2 is 1.68 bits per heavy atom. The second-order valence-electron chi connectivity index (χ2n) is 19.5. The van der Waals surface area contributed by atoms with Gasteiger partial charge in [0, 0.05) is 70.8 Å². The first-order valence-corrected chi connectivity index (χ1v) is 25.2. The number of allylic oxidation sites excluding steroid dienone is 4. The number of benzene rings is 3. The standard InChI is InChI=1S/C54H61ClN8O7S/c1-31-20-23-71-49(31)37-14-12-35(13-15-37)28-56-52(67)44-26-40(64)29-62(44)53(68)50(54(5,6)7)59-46(66)30-69-21-9-22-70-41-11-8-10-39(25-41)57-45(65)27-42-51-61-60-34(4)63(51)43-24-32(2)33(3)47(43)48(58-42)36-16-18-38(55)19-17-36/h8,10-20,23,25,40,42,44,50,64H,9,21-22,24,26-30H2,1-7H3,(H,56,67)(H,57,65)(H,59,66)/t40-,42?,44+,50-/m1/s1. The van der Waals surface area contributed by atoms with Gasteiger partial charge in [-0.05, 0) is 91.1 Å². The summed E-state index contributed by atoms with van der Waals surface area (Å²) in [5.41, 5.74) is 9.18. The number of nitrogens with zero attached hydrogens (tertiary/aromatic N) is 5. The molecule has 5 aromatic rings. The van der Waals surface area contributed by atoms with Gasteiger partial charge in [0.05, 0.1) is 31.5 Å². The number of carbonyl (C=O) groups excluding carboxylic acids is 4. The Hall–Kier alpha value is -6.46. The Bertz CT molecular complexity index is 2900. The van der Waals surface area contributed by atoms with Crippen LogP contribution in [0.1, 0.15) is 94.7 Å². The fraction of sp³-hybridized carbons (Fsp3) is 0.389. The molecule has 0 saturated carbocycles. The fourth-order valence-electron chi connectivity index (χ4n) is 9.22. The van der Waals surface area contributed by atoms with Crippen LogP contribution in [0.3, 0.4) is 0 Å². The molecule has 1 unspecified atom stereocenters. The molecular formula is C54H61ClN8O7S. The van der Waals surface area contributed by atoms with Gasteiger partial charge in [-0.2, -0.15) is 0 Å². The lowest BCUT2D eigenvalue weighted by Crippen LogP contribution is -2.58. The summed E-state index contributed by atoms with van der Waals surface area (Å²) >= 11 is 7.95. The van der Waals surface area contributed by atoms with E-state index in [9.17, 15) is 24.3 Å². The van der Waals surface area contributed by atoms with Crippen molar-refractivity contribution in [2.45, 2.75) is 105 Å². The molecular weight excluding hydrogens is 940 g/mol. The van der Waals surface area contributed by atoms with E-state index in [1.807, 2.05) is 80.8 Å². The van der Waals surface area contributed by atoms with Crippen LogP contribution in [0.5, 0.6) is 5.75 Å². The lowest BCUT2D eigenvalue weighted by molar-refractivity contribution is -0.144. The lowest BCUT2D eigenvalue weighted by Gasteiger charge is -2.35. The van der Waals surface area contributed by atoms with Crippen LogP contribution in [0.15, 0.2) is 106 Å². The van der Waals surface area contributed by atoms with Gasteiger partial charge in [0.2, 0.25) is 23.6 Å². The van der Waals surface area contributed by atoms with Crippen molar-refractivity contribution in [3.8, 4) is 16.2 Å². The van der Waals surface area contributed by atoms with E-state index in [0.29, 0.717) is 28.7 Å². The van der Waals surface area contributed by atoms with Crippen LogP contribution in [0, 0.1) is 19.3 Å². The first-order valence-electron chi connectivity index (χ1n) is 23.9. The number of anilines is 1. The van der Waals surface area contributed by atoms with Crippen LogP contribution >= 0.6 is 22.9 Å². The smallest absolute Gasteiger partial charge is 0.246 e. The first-order chi connectivity index (χ1) is 33.9. The van der Waals surface area contributed by atoms with Crippen molar-refractivity contribution in [2.75, 3.05) is 31.7 Å². The Labute approximate surface area is 423 Å². The average molecular weight is 1000 g/mol. The minimum atomic E-state index is -0.983. The molecule has 17 heteroatoms. The number of aliphatic imine (C=N–C) groups is 1. The third kappa shape index (κ3) is 11.8. The van der Waals surface area contributed by atoms with Crippen molar-refractivity contribution < 1.29 is 33.8 Å². The van der Waals surface area contributed by atoms with Gasteiger partial charge in [-0.3, -0.25) is 28.7 Å². The molecule has 4 amide bonds. The van der Waals surface area contributed by atoms with Crippen LogP contribution in [0.2, 0.25) is 5.02 Å². The number of carbonyl (C=O) groups is 4. The number of halogens is 1. The predicted octanol–water partition coefficient (Wildman–Crippen LogP) is 8.40. The maximum atomic E-state index is 14.1. The van der Waals surface area contributed by atoms with Gasteiger partial charge in [0.1, 0.15) is 36.3 Å². The largest absolute Gasteiger partial charge is 0.493 e. The van der Waals surface area contributed by atoms with Crippen molar-refractivity contribution >= 4 is 63.7 Å². The maximum absolute atomic E-state index is 14.1. The zero-order valence-corrected chi connectivity index (χ0v) is 42.7. The third-order valence-corrected chi connectivity index (χ3v) is 14.4. The van der Waals surface area contributed by atoms with Gasteiger partial charge >= 0.3 is 0 Å². The number of aryl methyl sites for hydroxylation is 2. The number of aliphatic hydroxyl groups is 1. The molecule has 2 aliphatic heterocycles.